The van der Waals surface area contributed by atoms with Crippen LogP contribution in [0.3, 0.4) is 0 Å². The molecule has 3 rings (SSSR count). The predicted molar refractivity (Wildman–Crippen MR) is 109 cm³/mol. The van der Waals surface area contributed by atoms with Crippen molar-refractivity contribution in [2.24, 2.45) is 0 Å². The number of piperazine rings is 1. The normalized spacial score (nSPS) is 13.9. The van der Waals surface area contributed by atoms with Crippen molar-refractivity contribution in [1.82, 2.24) is 9.80 Å². The molecular formula is C21H24N2O4S. The number of amides is 2. The van der Waals surface area contributed by atoms with Gasteiger partial charge >= 0.3 is 0 Å². The SMILES string of the molecule is CCOc1ccc(OCC(=O)N2CCN(C(=O)c3ccccc3S)CC2)cc1. The third kappa shape index (κ3) is 4.98. The Kier molecular flexibility index (Phi) is 6.81. The fourth-order valence-electron chi connectivity index (χ4n) is 3.02. The molecule has 1 fully saturated rings. The minimum absolute atomic E-state index is 0.0264. The maximum Gasteiger partial charge on any atom is 0.260 e. The molecule has 28 heavy (non-hydrogen) atoms. The van der Waals surface area contributed by atoms with Crippen LogP contribution in [0.4, 0.5) is 0 Å². The average Bonchev–Trinajstić information content (AvgIpc) is 2.73. The molecule has 1 saturated heterocycles. The van der Waals surface area contributed by atoms with E-state index in [2.05, 4.69) is 12.6 Å². The lowest BCUT2D eigenvalue weighted by atomic mass is 10.2. The second kappa shape index (κ2) is 9.50. The summed E-state index contributed by atoms with van der Waals surface area (Å²) in [6.07, 6.45) is 0. The summed E-state index contributed by atoms with van der Waals surface area (Å²) in [6.45, 7) is 4.48. The van der Waals surface area contributed by atoms with E-state index in [1.54, 1.807) is 34.1 Å². The first-order chi connectivity index (χ1) is 13.6. The largest absolute Gasteiger partial charge is 0.494 e. The Labute approximate surface area is 170 Å². The first kappa shape index (κ1) is 20.1. The van der Waals surface area contributed by atoms with Crippen LogP contribution in [0.5, 0.6) is 11.5 Å². The molecule has 0 unspecified atom stereocenters. The van der Waals surface area contributed by atoms with E-state index < -0.39 is 0 Å². The van der Waals surface area contributed by atoms with E-state index in [4.69, 9.17) is 9.47 Å². The van der Waals surface area contributed by atoms with Gasteiger partial charge in [-0.3, -0.25) is 9.59 Å². The minimum Gasteiger partial charge on any atom is -0.494 e. The number of benzene rings is 2. The summed E-state index contributed by atoms with van der Waals surface area (Å²) in [6, 6.07) is 14.4. The van der Waals surface area contributed by atoms with Gasteiger partial charge in [0.15, 0.2) is 6.61 Å². The zero-order valence-electron chi connectivity index (χ0n) is 15.8. The van der Waals surface area contributed by atoms with Crippen molar-refractivity contribution in [3.8, 4) is 11.5 Å². The third-order valence-electron chi connectivity index (χ3n) is 4.55. The number of hydrogen-bond acceptors (Lipinski definition) is 5. The van der Waals surface area contributed by atoms with Crippen LogP contribution in [0.25, 0.3) is 0 Å². The lowest BCUT2D eigenvalue weighted by Crippen LogP contribution is -2.51. The maximum absolute atomic E-state index is 12.6. The summed E-state index contributed by atoms with van der Waals surface area (Å²) in [7, 11) is 0. The first-order valence-corrected chi connectivity index (χ1v) is 9.74. The first-order valence-electron chi connectivity index (χ1n) is 9.29. The van der Waals surface area contributed by atoms with Gasteiger partial charge in [-0.2, -0.15) is 0 Å². The van der Waals surface area contributed by atoms with E-state index in [0.29, 0.717) is 49.0 Å². The van der Waals surface area contributed by atoms with Crippen LogP contribution in [0.2, 0.25) is 0 Å². The maximum atomic E-state index is 12.6. The molecule has 0 bridgehead atoms. The number of carbonyl (C=O) groups is 2. The van der Waals surface area contributed by atoms with Crippen LogP contribution in [0, 0.1) is 0 Å². The van der Waals surface area contributed by atoms with Crippen molar-refractivity contribution in [2.75, 3.05) is 39.4 Å². The molecule has 6 nitrogen and oxygen atoms in total. The molecule has 0 N–H and O–H groups in total. The molecule has 0 spiro atoms. The highest BCUT2D eigenvalue weighted by molar-refractivity contribution is 7.80. The van der Waals surface area contributed by atoms with Gasteiger partial charge in [0.25, 0.3) is 11.8 Å². The van der Waals surface area contributed by atoms with Gasteiger partial charge in [-0.25, -0.2) is 0 Å². The van der Waals surface area contributed by atoms with Gasteiger partial charge in [0.1, 0.15) is 11.5 Å². The Morgan fingerprint density at radius 2 is 1.46 bits per heavy atom. The molecule has 0 aromatic heterocycles. The monoisotopic (exact) mass is 400 g/mol. The number of nitrogens with zero attached hydrogens (tertiary/aromatic N) is 2. The summed E-state index contributed by atoms with van der Waals surface area (Å²) in [4.78, 5) is 29.2. The van der Waals surface area contributed by atoms with Gasteiger partial charge < -0.3 is 19.3 Å². The fraction of sp³-hybridized carbons (Fsp3) is 0.333. The molecule has 0 radical (unpaired) electrons. The lowest BCUT2D eigenvalue weighted by molar-refractivity contribution is -0.134. The molecule has 1 aliphatic heterocycles. The molecule has 148 valence electrons. The van der Waals surface area contributed by atoms with E-state index in [0.717, 1.165) is 5.75 Å². The number of rotatable bonds is 6. The number of carbonyl (C=O) groups excluding carboxylic acids is 2. The van der Waals surface area contributed by atoms with Crippen LogP contribution >= 0.6 is 12.6 Å². The smallest absolute Gasteiger partial charge is 0.260 e. The lowest BCUT2D eigenvalue weighted by Gasteiger charge is -2.35. The number of thiol groups is 1. The zero-order valence-corrected chi connectivity index (χ0v) is 16.7. The number of ether oxygens (including phenoxy) is 2. The Hall–Kier alpha value is -2.67. The summed E-state index contributed by atoms with van der Waals surface area (Å²) < 4.78 is 11.0. The van der Waals surface area contributed by atoms with Crippen LogP contribution in [-0.4, -0.2) is 61.0 Å². The van der Waals surface area contributed by atoms with E-state index in [9.17, 15) is 9.59 Å². The second-order valence-corrected chi connectivity index (χ2v) is 6.87. The summed E-state index contributed by atoms with van der Waals surface area (Å²) in [5, 5.41) is 0. The number of hydrogen-bond donors (Lipinski definition) is 1. The molecular weight excluding hydrogens is 376 g/mol. The van der Waals surface area contributed by atoms with Gasteiger partial charge in [0, 0.05) is 31.1 Å². The van der Waals surface area contributed by atoms with Crippen LogP contribution in [-0.2, 0) is 4.79 Å². The Balaban J connectivity index is 1.47. The van der Waals surface area contributed by atoms with Crippen molar-refractivity contribution >= 4 is 24.4 Å². The van der Waals surface area contributed by atoms with E-state index in [1.165, 1.54) is 0 Å². The minimum atomic E-state index is -0.0874. The molecule has 7 heteroatoms. The predicted octanol–water partition coefficient (Wildman–Crippen LogP) is 2.74. The highest BCUT2D eigenvalue weighted by Crippen LogP contribution is 2.18. The van der Waals surface area contributed by atoms with E-state index in [1.807, 2.05) is 31.2 Å². The Bertz CT molecular complexity index is 817. The molecule has 0 atom stereocenters. The third-order valence-corrected chi connectivity index (χ3v) is 4.94. The van der Waals surface area contributed by atoms with Gasteiger partial charge in [-0.15, -0.1) is 12.6 Å². The standard InChI is InChI=1S/C21H24N2O4S/c1-2-26-16-7-9-17(10-8-16)27-15-20(24)22-11-13-23(14-12-22)21(25)18-5-3-4-6-19(18)28/h3-10,28H,2,11-15H2,1H3. The topological polar surface area (TPSA) is 59.1 Å². The van der Waals surface area contributed by atoms with Gasteiger partial charge in [-0.05, 0) is 43.3 Å². The summed E-state index contributed by atoms with van der Waals surface area (Å²) >= 11 is 4.35. The van der Waals surface area contributed by atoms with Crippen molar-refractivity contribution in [1.29, 1.82) is 0 Å². The van der Waals surface area contributed by atoms with E-state index in [-0.39, 0.29) is 18.4 Å². The Morgan fingerprint density at radius 1 is 0.893 bits per heavy atom. The van der Waals surface area contributed by atoms with Gasteiger partial charge in [0.2, 0.25) is 0 Å². The average molecular weight is 401 g/mol. The molecule has 1 aliphatic rings. The van der Waals surface area contributed by atoms with E-state index >= 15 is 0 Å². The molecule has 1 heterocycles. The fourth-order valence-corrected chi connectivity index (χ4v) is 3.28. The molecule has 2 aromatic carbocycles. The van der Waals surface area contributed by atoms with Crippen molar-refractivity contribution in [2.45, 2.75) is 11.8 Å². The highest BCUT2D eigenvalue weighted by Gasteiger charge is 2.25. The Morgan fingerprint density at radius 3 is 2.07 bits per heavy atom. The van der Waals surface area contributed by atoms with Crippen LogP contribution in [0.1, 0.15) is 17.3 Å². The van der Waals surface area contributed by atoms with Crippen LogP contribution in [0.15, 0.2) is 53.4 Å². The summed E-state index contributed by atoms with van der Waals surface area (Å²) in [5.41, 5.74) is 0.587. The van der Waals surface area contributed by atoms with Gasteiger partial charge in [-0.1, -0.05) is 12.1 Å². The summed E-state index contributed by atoms with van der Waals surface area (Å²) in [5.74, 6) is 1.25. The molecule has 0 aliphatic carbocycles. The quantitative estimate of drug-likeness (QED) is 0.758. The van der Waals surface area contributed by atoms with Crippen molar-refractivity contribution < 1.29 is 19.1 Å². The molecule has 2 amide bonds. The molecule has 0 saturated carbocycles. The highest BCUT2D eigenvalue weighted by atomic mass is 32.1. The second-order valence-electron chi connectivity index (χ2n) is 6.38. The van der Waals surface area contributed by atoms with Gasteiger partial charge in [0.05, 0.1) is 12.2 Å². The van der Waals surface area contributed by atoms with Crippen LogP contribution < -0.4 is 9.47 Å². The zero-order chi connectivity index (χ0) is 19.9. The van der Waals surface area contributed by atoms with Crippen molar-refractivity contribution in [3.05, 3.63) is 54.1 Å². The molecule has 2 aromatic rings. The van der Waals surface area contributed by atoms with Crippen molar-refractivity contribution in [3.63, 3.8) is 0 Å².